The SMILES string of the molecule is CCc1ccc(N2C(=O)C(=O)/C(=C(/O)c3cc(C(C)C)c(OC)cc3C)C2c2ccncc2)cc1. The van der Waals surface area contributed by atoms with E-state index >= 15 is 0 Å². The Hall–Kier alpha value is -3.93. The third kappa shape index (κ3) is 4.32. The van der Waals surface area contributed by atoms with E-state index in [1.807, 2.05) is 57.2 Å². The lowest BCUT2D eigenvalue weighted by molar-refractivity contribution is -0.132. The van der Waals surface area contributed by atoms with E-state index in [0.29, 0.717) is 16.8 Å². The van der Waals surface area contributed by atoms with Gasteiger partial charge in [-0.3, -0.25) is 19.5 Å². The summed E-state index contributed by atoms with van der Waals surface area (Å²) in [6.07, 6.45) is 4.10. The van der Waals surface area contributed by atoms with Crippen LogP contribution in [0.15, 0.2) is 66.5 Å². The van der Waals surface area contributed by atoms with Crippen LogP contribution in [0.3, 0.4) is 0 Å². The van der Waals surface area contributed by atoms with Crippen LogP contribution in [-0.2, 0) is 16.0 Å². The summed E-state index contributed by atoms with van der Waals surface area (Å²) in [5.74, 6) is -0.735. The third-order valence-corrected chi connectivity index (χ3v) is 6.54. The normalized spacial score (nSPS) is 17.3. The lowest BCUT2D eigenvalue weighted by Gasteiger charge is -2.25. The van der Waals surface area contributed by atoms with E-state index in [9.17, 15) is 14.7 Å². The maximum absolute atomic E-state index is 13.4. The van der Waals surface area contributed by atoms with Crippen molar-refractivity contribution in [3.05, 3.63) is 94.3 Å². The molecule has 0 bridgehead atoms. The van der Waals surface area contributed by atoms with Gasteiger partial charge in [0.1, 0.15) is 11.5 Å². The van der Waals surface area contributed by atoms with E-state index in [1.54, 1.807) is 31.6 Å². The first kappa shape index (κ1) is 24.2. The van der Waals surface area contributed by atoms with Crippen molar-refractivity contribution in [3.8, 4) is 5.75 Å². The molecular formula is C29H30N2O4. The highest BCUT2D eigenvalue weighted by Gasteiger charge is 2.47. The number of aliphatic hydroxyl groups is 1. The summed E-state index contributed by atoms with van der Waals surface area (Å²) in [4.78, 5) is 32.3. The molecule has 4 rings (SSSR count). The molecule has 180 valence electrons. The molecule has 0 radical (unpaired) electrons. The predicted molar refractivity (Wildman–Crippen MR) is 137 cm³/mol. The Bertz CT molecular complexity index is 1290. The molecule has 35 heavy (non-hydrogen) atoms. The van der Waals surface area contributed by atoms with E-state index in [0.717, 1.165) is 28.9 Å². The zero-order valence-electron chi connectivity index (χ0n) is 20.7. The molecule has 1 aliphatic heterocycles. The van der Waals surface area contributed by atoms with Gasteiger partial charge >= 0.3 is 0 Å². The Morgan fingerprint density at radius 3 is 2.31 bits per heavy atom. The highest BCUT2D eigenvalue weighted by atomic mass is 16.5. The highest BCUT2D eigenvalue weighted by molar-refractivity contribution is 6.51. The van der Waals surface area contributed by atoms with Gasteiger partial charge in [-0.05, 0) is 77.9 Å². The van der Waals surface area contributed by atoms with Crippen LogP contribution in [0.2, 0.25) is 0 Å². The molecule has 1 atom stereocenters. The van der Waals surface area contributed by atoms with Gasteiger partial charge in [0.15, 0.2) is 0 Å². The summed E-state index contributed by atoms with van der Waals surface area (Å²) < 4.78 is 5.54. The molecule has 1 fully saturated rings. The predicted octanol–water partition coefficient (Wildman–Crippen LogP) is 5.71. The average Bonchev–Trinajstić information content (AvgIpc) is 3.14. The van der Waals surface area contributed by atoms with Crippen molar-refractivity contribution >= 4 is 23.1 Å². The molecule has 0 spiro atoms. The number of ketones is 1. The number of ether oxygens (including phenoxy) is 1. The number of anilines is 1. The zero-order valence-corrected chi connectivity index (χ0v) is 20.7. The largest absolute Gasteiger partial charge is 0.507 e. The second-order valence-electron chi connectivity index (χ2n) is 9.03. The molecule has 3 aromatic rings. The van der Waals surface area contributed by atoms with Crippen molar-refractivity contribution in [2.24, 2.45) is 0 Å². The molecule has 6 heteroatoms. The van der Waals surface area contributed by atoms with Crippen LogP contribution in [0.4, 0.5) is 5.69 Å². The lowest BCUT2D eigenvalue weighted by Crippen LogP contribution is -2.29. The minimum atomic E-state index is -0.783. The van der Waals surface area contributed by atoms with Crippen LogP contribution in [0, 0.1) is 6.92 Å². The number of carbonyl (C=O) groups excluding carboxylic acids is 2. The molecule has 1 aromatic heterocycles. The maximum Gasteiger partial charge on any atom is 0.300 e. The average molecular weight is 471 g/mol. The number of nitrogens with zero attached hydrogens (tertiary/aromatic N) is 2. The van der Waals surface area contributed by atoms with Crippen molar-refractivity contribution in [2.45, 2.75) is 46.1 Å². The monoisotopic (exact) mass is 470 g/mol. The Kier molecular flexibility index (Phi) is 6.74. The van der Waals surface area contributed by atoms with Gasteiger partial charge in [0.2, 0.25) is 0 Å². The van der Waals surface area contributed by atoms with E-state index in [2.05, 4.69) is 11.9 Å². The number of hydrogen-bond donors (Lipinski definition) is 1. The van der Waals surface area contributed by atoms with Gasteiger partial charge in [0.25, 0.3) is 11.7 Å². The third-order valence-electron chi connectivity index (χ3n) is 6.54. The summed E-state index contributed by atoms with van der Waals surface area (Å²) in [5, 5.41) is 11.6. The number of aryl methyl sites for hydroxylation is 2. The second kappa shape index (κ2) is 9.74. The molecule has 1 N–H and O–H groups in total. The molecule has 1 unspecified atom stereocenters. The standard InChI is InChI=1S/C29H30N2O4/c1-6-19-7-9-21(10-8-19)31-26(20-11-13-30-14-12-20)25(28(33)29(31)34)27(32)23-16-22(17(2)3)24(35-5)15-18(23)4/h7-17,26,32H,6H2,1-5H3/b27-25+. The van der Waals surface area contributed by atoms with Crippen LogP contribution in [-0.4, -0.2) is 28.9 Å². The summed E-state index contributed by atoms with van der Waals surface area (Å²) in [7, 11) is 1.61. The lowest BCUT2D eigenvalue weighted by atomic mass is 9.91. The topological polar surface area (TPSA) is 79.7 Å². The number of aromatic nitrogens is 1. The van der Waals surface area contributed by atoms with Crippen molar-refractivity contribution in [1.82, 2.24) is 4.98 Å². The van der Waals surface area contributed by atoms with Crippen molar-refractivity contribution < 1.29 is 19.4 Å². The number of carbonyl (C=O) groups is 2. The molecule has 2 aromatic carbocycles. The molecule has 1 aliphatic rings. The minimum absolute atomic E-state index is 0.0590. The molecule has 0 aliphatic carbocycles. The first-order valence-corrected chi connectivity index (χ1v) is 11.8. The van der Waals surface area contributed by atoms with E-state index < -0.39 is 17.7 Å². The Morgan fingerprint density at radius 1 is 1.09 bits per heavy atom. The highest BCUT2D eigenvalue weighted by Crippen LogP contribution is 2.43. The molecule has 0 saturated carbocycles. The first-order chi connectivity index (χ1) is 16.8. The fourth-order valence-electron chi connectivity index (χ4n) is 4.58. The van der Waals surface area contributed by atoms with Gasteiger partial charge < -0.3 is 9.84 Å². The van der Waals surface area contributed by atoms with E-state index in [-0.39, 0.29) is 17.3 Å². The van der Waals surface area contributed by atoms with Gasteiger partial charge in [-0.2, -0.15) is 0 Å². The van der Waals surface area contributed by atoms with Crippen LogP contribution < -0.4 is 9.64 Å². The molecular weight excluding hydrogens is 440 g/mol. The van der Waals surface area contributed by atoms with Crippen molar-refractivity contribution in [1.29, 1.82) is 0 Å². The molecule has 6 nitrogen and oxygen atoms in total. The smallest absolute Gasteiger partial charge is 0.300 e. The van der Waals surface area contributed by atoms with Crippen LogP contribution in [0.1, 0.15) is 60.5 Å². The summed E-state index contributed by atoms with van der Waals surface area (Å²) in [6.45, 7) is 7.98. The fraction of sp³-hybridized carbons (Fsp3) is 0.276. The number of rotatable bonds is 6. The number of pyridine rings is 1. The first-order valence-electron chi connectivity index (χ1n) is 11.8. The van der Waals surface area contributed by atoms with Gasteiger partial charge in [-0.15, -0.1) is 0 Å². The van der Waals surface area contributed by atoms with E-state index in [1.165, 1.54) is 4.90 Å². The quantitative estimate of drug-likeness (QED) is 0.284. The maximum atomic E-state index is 13.4. The molecule has 2 heterocycles. The van der Waals surface area contributed by atoms with Crippen molar-refractivity contribution in [2.75, 3.05) is 12.0 Å². The molecule has 1 saturated heterocycles. The summed E-state index contributed by atoms with van der Waals surface area (Å²) in [5.41, 5.74) is 4.63. The van der Waals surface area contributed by atoms with Gasteiger partial charge in [-0.25, -0.2) is 0 Å². The zero-order chi connectivity index (χ0) is 25.3. The van der Waals surface area contributed by atoms with Crippen molar-refractivity contribution in [3.63, 3.8) is 0 Å². The number of amides is 1. The van der Waals surface area contributed by atoms with Crippen LogP contribution in [0.5, 0.6) is 5.75 Å². The summed E-state index contributed by atoms with van der Waals surface area (Å²) in [6, 6.07) is 14.0. The fourth-order valence-corrected chi connectivity index (χ4v) is 4.58. The summed E-state index contributed by atoms with van der Waals surface area (Å²) >= 11 is 0. The van der Waals surface area contributed by atoms with Gasteiger partial charge in [-0.1, -0.05) is 32.9 Å². The number of Topliss-reactive ketones (excluding diaryl/α,β-unsaturated/α-hetero) is 1. The van der Waals surface area contributed by atoms with E-state index in [4.69, 9.17) is 4.74 Å². The van der Waals surface area contributed by atoms with Crippen LogP contribution in [0.25, 0.3) is 5.76 Å². The Labute approximate surface area is 205 Å². The Morgan fingerprint density at radius 2 is 1.74 bits per heavy atom. The van der Waals surface area contributed by atoms with Gasteiger partial charge in [0.05, 0.1) is 18.7 Å². The van der Waals surface area contributed by atoms with Gasteiger partial charge in [0, 0.05) is 23.6 Å². The number of hydrogen-bond acceptors (Lipinski definition) is 5. The second-order valence-corrected chi connectivity index (χ2v) is 9.03. The number of methoxy groups -OCH3 is 1. The number of benzene rings is 2. The number of aliphatic hydroxyl groups excluding tert-OH is 1. The van der Waals surface area contributed by atoms with Crippen LogP contribution >= 0.6 is 0 Å². The Balaban J connectivity index is 1.95. The molecule has 1 amide bonds. The minimum Gasteiger partial charge on any atom is -0.507 e.